The summed E-state index contributed by atoms with van der Waals surface area (Å²) in [6, 6.07) is 26.4. The van der Waals surface area contributed by atoms with E-state index in [-0.39, 0.29) is 29.8 Å². The summed E-state index contributed by atoms with van der Waals surface area (Å²) in [5.41, 5.74) is 2.22. The van der Waals surface area contributed by atoms with Crippen LogP contribution in [0.5, 0.6) is 0 Å². The molecule has 35 heavy (non-hydrogen) atoms. The molecule has 3 rings (SSSR count). The Balaban J connectivity index is 1.76. The van der Waals surface area contributed by atoms with Crippen molar-refractivity contribution < 1.29 is 13.2 Å². The van der Waals surface area contributed by atoms with Crippen LogP contribution in [0.4, 0.5) is 0 Å². The maximum absolute atomic E-state index is 13.4. The van der Waals surface area contributed by atoms with Crippen molar-refractivity contribution in [1.82, 2.24) is 9.21 Å². The quantitative estimate of drug-likeness (QED) is 0.279. The lowest BCUT2D eigenvalue weighted by molar-refractivity contribution is -0.132. The summed E-state index contributed by atoms with van der Waals surface area (Å²) in [5.74, 6) is -0.0518. The van der Waals surface area contributed by atoms with E-state index in [9.17, 15) is 13.2 Å². The first-order chi connectivity index (χ1) is 16.8. The highest BCUT2D eigenvalue weighted by Gasteiger charge is 2.29. The molecule has 7 heteroatoms. The SMILES string of the molecule is CCC(C)N(CCC(=O)N(CCc1ccccc1)Cc1ccccc1)S(=O)(=O)c1ccc(Br)cc1. The minimum absolute atomic E-state index is 0.0518. The van der Waals surface area contributed by atoms with Crippen molar-refractivity contribution in [3.63, 3.8) is 0 Å². The lowest BCUT2D eigenvalue weighted by Crippen LogP contribution is -2.41. The van der Waals surface area contributed by atoms with Crippen molar-refractivity contribution >= 4 is 31.9 Å². The van der Waals surface area contributed by atoms with Gasteiger partial charge < -0.3 is 4.90 Å². The van der Waals surface area contributed by atoms with Gasteiger partial charge in [-0.05, 0) is 55.2 Å². The number of hydrogen-bond donors (Lipinski definition) is 0. The summed E-state index contributed by atoms with van der Waals surface area (Å²) in [4.78, 5) is 15.5. The van der Waals surface area contributed by atoms with Crippen molar-refractivity contribution in [2.45, 2.75) is 50.6 Å². The predicted molar refractivity (Wildman–Crippen MR) is 144 cm³/mol. The number of benzene rings is 3. The van der Waals surface area contributed by atoms with Gasteiger partial charge in [0.2, 0.25) is 15.9 Å². The number of carbonyl (C=O) groups excluding carboxylic acids is 1. The molecule has 3 aromatic carbocycles. The fourth-order valence-electron chi connectivity index (χ4n) is 3.89. The van der Waals surface area contributed by atoms with E-state index in [0.717, 1.165) is 22.0 Å². The number of nitrogens with zero attached hydrogens (tertiary/aromatic N) is 2. The van der Waals surface area contributed by atoms with E-state index in [2.05, 4.69) is 28.1 Å². The molecular weight excluding hydrogens is 524 g/mol. The summed E-state index contributed by atoms with van der Waals surface area (Å²) in [6.45, 7) is 5.05. The standard InChI is InChI=1S/C28H33BrN2O3S/c1-3-23(2)31(35(33,34)27-16-14-26(29)15-17-27)21-19-28(32)30(22-25-12-8-5-9-13-25)20-18-24-10-6-4-7-11-24/h4-17,23H,3,18-22H2,1-2H3. The molecule has 0 spiro atoms. The summed E-state index contributed by atoms with van der Waals surface area (Å²) >= 11 is 3.36. The normalized spacial score (nSPS) is 12.5. The van der Waals surface area contributed by atoms with Crippen LogP contribution < -0.4 is 0 Å². The van der Waals surface area contributed by atoms with Crippen LogP contribution in [0.25, 0.3) is 0 Å². The summed E-state index contributed by atoms with van der Waals surface area (Å²) in [6.07, 6.45) is 1.53. The molecule has 186 valence electrons. The van der Waals surface area contributed by atoms with Gasteiger partial charge in [-0.2, -0.15) is 4.31 Å². The van der Waals surface area contributed by atoms with Crippen LogP contribution in [0.15, 0.2) is 94.3 Å². The van der Waals surface area contributed by atoms with Gasteiger partial charge in [0.25, 0.3) is 0 Å². The Bertz CT molecular complexity index is 1170. The first kappa shape index (κ1) is 27.1. The second kappa shape index (κ2) is 13.0. The summed E-state index contributed by atoms with van der Waals surface area (Å²) in [5, 5.41) is 0. The van der Waals surface area contributed by atoms with Crippen LogP contribution in [-0.2, 0) is 27.8 Å². The molecule has 1 unspecified atom stereocenters. The minimum Gasteiger partial charge on any atom is -0.338 e. The molecule has 0 saturated carbocycles. The third kappa shape index (κ3) is 7.75. The smallest absolute Gasteiger partial charge is 0.243 e. The van der Waals surface area contributed by atoms with Crippen molar-refractivity contribution in [2.75, 3.05) is 13.1 Å². The second-order valence-corrected chi connectivity index (χ2v) is 11.4. The molecule has 0 fully saturated rings. The monoisotopic (exact) mass is 556 g/mol. The fraction of sp³-hybridized carbons (Fsp3) is 0.321. The van der Waals surface area contributed by atoms with Gasteiger partial charge in [0.05, 0.1) is 4.90 Å². The predicted octanol–water partition coefficient (Wildman–Crippen LogP) is 5.90. The average Bonchev–Trinajstić information content (AvgIpc) is 2.87. The highest BCUT2D eigenvalue weighted by Crippen LogP contribution is 2.22. The largest absolute Gasteiger partial charge is 0.338 e. The Morgan fingerprint density at radius 1 is 0.857 bits per heavy atom. The molecule has 0 aliphatic rings. The number of rotatable bonds is 12. The van der Waals surface area contributed by atoms with Gasteiger partial charge in [0, 0.05) is 36.6 Å². The van der Waals surface area contributed by atoms with E-state index >= 15 is 0 Å². The van der Waals surface area contributed by atoms with Crippen LogP contribution in [0.3, 0.4) is 0 Å². The number of sulfonamides is 1. The highest BCUT2D eigenvalue weighted by atomic mass is 79.9. The average molecular weight is 558 g/mol. The first-order valence-electron chi connectivity index (χ1n) is 11.9. The van der Waals surface area contributed by atoms with Crippen LogP contribution in [0, 0.1) is 0 Å². The summed E-state index contributed by atoms with van der Waals surface area (Å²) < 4.78 is 29.1. The topological polar surface area (TPSA) is 57.7 Å². The minimum atomic E-state index is -3.72. The van der Waals surface area contributed by atoms with E-state index in [1.807, 2.05) is 67.3 Å². The van der Waals surface area contributed by atoms with E-state index < -0.39 is 10.0 Å². The number of hydrogen-bond acceptors (Lipinski definition) is 3. The highest BCUT2D eigenvalue weighted by molar-refractivity contribution is 9.10. The number of carbonyl (C=O) groups is 1. The van der Waals surface area contributed by atoms with Crippen LogP contribution >= 0.6 is 15.9 Å². The molecule has 0 aromatic heterocycles. The van der Waals surface area contributed by atoms with Crippen molar-refractivity contribution in [2.24, 2.45) is 0 Å². The number of amides is 1. The Hall–Kier alpha value is -2.48. The molecule has 3 aromatic rings. The number of halogens is 1. The van der Waals surface area contributed by atoms with Crippen molar-refractivity contribution in [3.8, 4) is 0 Å². The second-order valence-electron chi connectivity index (χ2n) is 8.61. The Morgan fingerprint density at radius 3 is 2.00 bits per heavy atom. The van der Waals surface area contributed by atoms with E-state index in [4.69, 9.17) is 0 Å². The van der Waals surface area contributed by atoms with Gasteiger partial charge in [-0.1, -0.05) is 83.5 Å². The van der Waals surface area contributed by atoms with Gasteiger partial charge in [0.15, 0.2) is 0 Å². The van der Waals surface area contributed by atoms with Gasteiger partial charge in [-0.25, -0.2) is 8.42 Å². The van der Waals surface area contributed by atoms with Crippen LogP contribution in [-0.4, -0.2) is 42.7 Å². The maximum Gasteiger partial charge on any atom is 0.243 e. The van der Waals surface area contributed by atoms with Gasteiger partial charge in [-0.15, -0.1) is 0 Å². The zero-order chi connectivity index (χ0) is 25.3. The van der Waals surface area contributed by atoms with E-state index in [0.29, 0.717) is 19.5 Å². The molecule has 0 saturated heterocycles. The Kier molecular flexibility index (Phi) is 10.1. The van der Waals surface area contributed by atoms with Crippen molar-refractivity contribution in [1.29, 1.82) is 0 Å². The fourth-order valence-corrected chi connectivity index (χ4v) is 5.86. The summed E-state index contributed by atoms with van der Waals surface area (Å²) in [7, 11) is -3.72. The maximum atomic E-state index is 13.4. The van der Waals surface area contributed by atoms with Crippen molar-refractivity contribution in [3.05, 3.63) is 101 Å². The Labute approximate surface area is 218 Å². The lowest BCUT2D eigenvalue weighted by atomic mass is 10.1. The van der Waals surface area contributed by atoms with Crippen LogP contribution in [0.1, 0.15) is 37.8 Å². The molecule has 0 N–H and O–H groups in total. The molecule has 0 aliphatic heterocycles. The molecular formula is C28H33BrN2O3S. The van der Waals surface area contributed by atoms with Gasteiger partial charge in [0.1, 0.15) is 0 Å². The molecule has 0 aliphatic carbocycles. The molecule has 0 heterocycles. The Morgan fingerprint density at radius 2 is 1.43 bits per heavy atom. The molecule has 5 nitrogen and oxygen atoms in total. The zero-order valence-corrected chi connectivity index (χ0v) is 22.7. The zero-order valence-electron chi connectivity index (χ0n) is 20.3. The first-order valence-corrected chi connectivity index (χ1v) is 14.2. The van der Waals surface area contributed by atoms with Gasteiger partial charge >= 0.3 is 0 Å². The molecule has 1 amide bonds. The van der Waals surface area contributed by atoms with E-state index in [1.165, 1.54) is 4.31 Å². The molecule has 0 bridgehead atoms. The third-order valence-electron chi connectivity index (χ3n) is 6.13. The lowest BCUT2D eigenvalue weighted by Gasteiger charge is -2.29. The third-order valence-corrected chi connectivity index (χ3v) is 8.69. The van der Waals surface area contributed by atoms with Gasteiger partial charge in [-0.3, -0.25) is 4.79 Å². The molecule has 1 atom stereocenters. The molecule has 0 radical (unpaired) electrons. The van der Waals surface area contributed by atoms with Crippen LogP contribution in [0.2, 0.25) is 0 Å². The van der Waals surface area contributed by atoms with E-state index in [1.54, 1.807) is 24.3 Å².